The van der Waals surface area contributed by atoms with Crippen LogP contribution in [0.25, 0.3) is 0 Å². The van der Waals surface area contributed by atoms with Gasteiger partial charge >= 0.3 is 10.2 Å². The minimum absolute atomic E-state index is 0.0308. The summed E-state index contributed by atoms with van der Waals surface area (Å²) in [5.74, 6) is -0.964. The van der Waals surface area contributed by atoms with E-state index in [4.69, 9.17) is 11.1 Å². The lowest BCUT2D eigenvalue weighted by molar-refractivity contribution is 0.270. The third-order valence-electron chi connectivity index (χ3n) is 3.56. The van der Waals surface area contributed by atoms with Crippen LogP contribution < -0.4 is 10.5 Å². The predicted octanol–water partition coefficient (Wildman–Crippen LogP) is 1.64. The van der Waals surface area contributed by atoms with Gasteiger partial charge in [-0.2, -0.15) is 12.7 Å². The maximum Gasteiger partial charge on any atom is 0.301 e. The lowest BCUT2D eigenvalue weighted by Crippen LogP contribution is -2.45. The fourth-order valence-corrected chi connectivity index (χ4v) is 3.98. The van der Waals surface area contributed by atoms with Crippen LogP contribution in [-0.2, 0) is 10.2 Å². The third-order valence-corrected chi connectivity index (χ3v) is 5.20. The SMILES string of the molecule is CC1CCCCN1S(=O)(=O)Nc1ccc(F)cc1C(=N)N. The first-order valence-corrected chi connectivity index (χ1v) is 8.19. The Hall–Kier alpha value is -1.67. The number of nitrogens with two attached hydrogens (primary N) is 1. The zero-order chi connectivity index (χ0) is 15.6. The molecule has 1 saturated heterocycles. The zero-order valence-electron chi connectivity index (χ0n) is 11.8. The molecule has 21 heavy (non-hydrogen) atoms. The van der Waals surface area contributed by atoms with E-state index in [1.54, 1.807) is 0 Å². The molecule has 1 aliphatic heterocycles. The van der Waals surface area contributed by atoms with Crippen molar-refractivity contribution in [1.29, 1.82) is 5.41 Å². The minimum Gasteiger partial charge on any atom is -0.384 e. The van der Waals surface area contributed by atoms with E-state index < -0.39 is 16.0 Å². The van der Waals surface area contributed by atoms with E-state index in [-0.39, 0.29) is 23.1 Å². The Balaban J connectivity index is 2.30. The van der Waals surface area contributed by atoms with Crippen LogP contribution in [0.4, 0.5) is 10.1 Å². The largest absolute Gasteiger partial charge is 0.384 e. The Morgan fingerprint density at radius 3 is 2.81 bits per heavy atom. The number of hydrogen-bond donors (Lipinski definition) is 3. The second kappa shape index (κ2) is 5.98. The summed E-state index contributed by atoms with van der Waals surface area (Å²) in [7, 11) is -3.75. The topological polar surface area (TPSA) is 99.3 Å². The van der Waals surface area contributed by atoms with Crippen molar-refractivity contribution >= 4 is 21.7 Å². The van der Waals surface area contributed by atoms with E-state index in [0.717, 1.165) is 31.4 Å². The van der Waals surface area contributed by atoms with E-state index in [1.807, 2.05) is 6.92 Å². The minimum atomic E-state index is -3.75. The lowest BCUT2D eigenvalue weighted by atomic mass is 10.1. The van der Waals surface area contributed by atoms with Crippen LogP contribution in [0.2, 0.25) is 0 Å². The number of anilines is 1. The van der Waals surface area contributed by atoms with Gasteiger partial charge in [0, 0.05) is 18.2 Å². The highest BCUT2D eigenvalue weighted by atomic mass is 32.2. The van der Waals surface area contributed by atoms with Crippen molar-refractivity contribution in [2.75, 3.05) is 11.3 Å². The standard InChI is InChI=1S/C13H19FN4O2S/c1-9-4-2-3-7-18(9)21(19,20)17-12-6-5-10(14)8-11(12)13(15)16/h5-6,8-9,17H,2-4,7H2,1H3,(H3,15,16). The van der Waals surface area contributed by atoms with E-state index in [2.05, 4.69) is 4.72 Å². The highest BCUT2D eigenvalue weighted by molar-refractivity contribution is 7.90. The van der Waals surface area contributed by atoms with Crippen molar-refractivity contribution in [2.45, 2.75) is 32.2 Å². The Morgan fingerprint density at radius 1 is 1.48 bits per heavy atom. The molecule has 1 aromatic carbocycles. The molecular weight excluding hydrogens is 295 g/mol. The molecule has 0 aliphatic carbocycles. The van der Waals surface area contributed by atoms with Crippen LogP contribution >= 0.6 is 0 Å². The quantitative estimate of drug-likeness (QED) is 0.582. The molecule has 0 amide bonds. The summed E-state index contributed by atoms with van der Waals surface area (Å²) in [5.41, 5.74) is 5.52. The first kappa shape index (κ1) is 15.7. The van der Waals surface area contributed by atoms with Crippen LogP contribution in [0.3, 0.4) is 0 Å². The van der Waals surface area contributed by atoms with Crippen LogP contribution in [0.5, 0.6) is 0 Å². The van der Waals surface area contributed by atoms with Crippen LogP contribution in [0.15, 0.2) is 18.2 Å². The van der Waals surface area contributed by atoms with Gasteiger partial charge in [-0.15, -0.1) is 0 Å². The summed E-state index contributed by atoms with van der Waals surface area (Å²) in [6, 6.07) is 3.36. The molecule has 1 fully saturated rings. The summed E-state index contributed by atoms with van der Waals surface area (Å²) in [5, 5.41) is 7.43. The average Bonchev–Trinajstić information content (AvgIpc) is 2.40. The first-order chi connectivity index (χ1) is 9.81. The van der Waals surface area contributed by atoms with Crippen molar-refractivity contribution in [3.63, 3.8) is 0 Å². The zero-order valence-corrected chi connectivity index (χ0v) is 12.6. The molecule has 0 bridgehead atoms. The Morgan fingerprint density at radius 2 is 2.19 bits per heavy atom. The summed E-state index contributed by atoms with van der Waals surface area (Å²) in [6.07, 6.45) is 2.63. The first-order valence-electron chi connectivity index (χ1n) is 6.75. The molecule has 1 aliphatic rings. The molecule has 2 rings (SSSR count). The molecule has 1 aromatic rings. The Kier molecular flexibility index (Phi) is 4.48. The van der Waals surface area contributed by atoms with Crippen molar-refractivity contribution in [3.05, 3.63) is 29.6 Å². The maximum atomic E-state index is 13.2. The number of halogens is 1. The number of piperidine rings is 1. The molecule has 0 aromatic heterocycles. The molecule has 1 heterocycles. The van der Waals surface area contributed by atoms with Crippen LogP contribution in [-0.4, -0.2) is 31.1 Å². The van der Waals surface area contributed by atoms with Gasteiger partial charge in [-0.3, -0.25) is 10.1 Å². The second-order valence-electron chi connectivity index (χ2n) is 5.17. The summed E-state index contributed by atoms with van der Waals surface area (Å²) in [4.78, 5) is 0. The molecular formula is C13H19FN4O2S. The molecule has 116 valence electrons. The summed E-state index contributed by atoms with van der Waals surface area (Å²) in [6.45, 7) is 2.31. The van der Waals surface area contributed by atoms with Crippen LogP contribution in [0.1, 0.15) is 31.7 Å². The van der Waals surface area contributed by atoms with Gasteiger partial charge in [0.05, 0.1) is 5.69 Å². The number of benzene rings is 1. The molecule has 4 N–H and O–H groups in total. The van der Waals surface area contributed by atoms with Gasteiger partial charge in [0.15, 0.2) is 0 Å². The fourth-order valence-electron chi connectivity index (χ4n) is 2.45. The molecule has 8 heteroatoms. The smallest absolute Gasteiger partial charge is 0.301 e. The molecule has 1 atom stereocenters. The molecule has 1 unspecified atom stereocenters. The number of nitrogens with zero attached hydrogens (tertiary/aromatic N) is 1. The number of amidine groups is 1. The summed E-state index contributed by atoms with van der Waals surface area (Å²) < 4.78 is 41.9. The van der Waals surface area contributed by atoms with Crippen molar-refractivity contribution in [1.82, 2.24) is 4.31 Å². The van der Waals surface area contributed by atoms with Crippen LogP contribution in [0, 0.1) is 11.2 Å². The number of hydrogen-bond acceptors (Lipinski definition) is 3. The number of nitrogens with one attached hydrogen (secondary N) is 2. The third kappa shape index (κ3) is 3.51. The van der Waals surface area contributed by atoms with Gasteiger partial charge in [-0.25, -0.2) is 4.39 Å². The van der Waals surface area contributed by atoms with Crippen molar-refractivity contribution < 1.29 is 12.8 Å². The van der Waals surface area contributed by atoms with Gasteiger partial charge in [-0.05, 0) is 38.0 Å². The van der Waals surface area contributed by atoms with Gasteiger partial charge < -0.3 is 5.73 Å². The number of rotatable bonds is 4. The Labute approximate surface area is 123 Å². The highest BCUT2D eigenvalue weighted by Crippen LogP contribution is 2.23. The van der Waals surface area contributed by atoms with Gasteiger partial charge in [0.2, 0.25) is 0 Å². The normalized spacial score (nSPS) is 20.2. The molecule has 0 spiro atoms. The van der Waals surface area contributed by atoms with E-state index >= 15 is 0 Å². The molecule has 0 radical (unpaired) electrons. The van der Waals surface area contributed by atoms with Crippen molar-refractivity contribution in [2.24, 2.45) is 5.73 Å². The van der Waals surface area contributed by atoms with E-state index in [1.165, 1.54) is 10.4 Å². The van der Waals surface area contributed by atoms with E-state index in [9.17, 15) is 12.8 Å². The van der Waals surface area contributed by atoms with Crippen molar-refractivity contribution in [3.8, 4) is 0 Å². The predicted molar refractivity (Wildman–Crippen MR) is 80.0 cm³/mol. The monoisotopic (exact) mass is 314 g/mol. The van der Waals surface area contributed by atoms with Gasteiger partial charge in [0.1, 0.15) is 11.7 Å². The highest BCUT2D eigenvalue weighted by Gasteiger charge is 2.30. The van der Waals surface area contributed by atoms with E-state index in [0.29, 0.717) is 6.54 Å². The van der Waals surface area contributed by atoms with Gasteiger partial charge in [-0.1, -0.05) is 6.42 Å². The number of nitrogen functional groups attached to an aromatic ring is 1. The molecule has 0 saturated carbocycles. The molecule has 6 nitrogen and oxygen atoms in total. The second-order valence-corrected chi connectivity index (χ2v) is 6.79. The summed E-state index contributed by atoms with van der Waals surface area (Å²) >= 11 is 0. The average molecular weight is 314 g/mol. The lowest BCUT2D eigenvalue weighted by Gasteiger charge is -2.32. The maximum absolute atomic E-state index is 13.2. The fraction of sp³-hybridized carbons (Fsp3) is 0.462. The van der Waals surface area contributed by atoms with Gasteiger partial charge in [0.25, 0.3) is 0 Å². The Bertz CT molecular complexity index is 648.